The van der Waals surface area contributed by atoms with E-state index in [1.807, 2.05) is 6.92 Å². The molecule has 3 aromatic heterocycles. The summed E-state index contributed by atoms with van der Waals surface area (Å²) in [5.41, 5.74) is 6.87. The van der Waals surface area contributed by atoms with E-state index in [0.717, 1.165) is 11.3 Å². The largest absolute Gasteiger partial charge is 0.460 e. The zero-order chi connectivity index (χ0) is 16.7. The Labute approximate surface area is 138 Å². The number of aromatic nitrogens is 2. The lowest BCUT2D eigenvalue weighted by atomic mass is 10.2. The maximum Gasteiger partial charge on any atom is 0.263 e. The Morgan fingerprint density at radius 2 is 2.13 bits per heavy atom. The first-order valence-electron chi connectivity index (χ1n) is 6.64. The number of hydrogen-bond acceptors (Lipinski definition) is 7. The highest BCUT2D eigenvalue weighted by molar-refractivity contribution is 7.84. The van der Waals surface area contributed by atoms with Crippen LogP contribution in [0.3, 0.4) is 0 Å². The monoisotopic (exact) mass is 350 g/mol. The second kappa shape index (κ2) is 5.74. The first-order chi connectivity index (χ1) is 10.9. The third kappa shape index (κ3) is 2.62. The Morgan fingerprint density at radius 3 is 2.70 bits per heavy atom. The standard InChI is InChI=1S/C14H14N4O3S2/c1-6-4-5-7(21-6)10-8-9(15)11(12(19)16-2)22-13(8)18-14(17-10)23(3)20/h4-5H,15H2,1-3H3,(H,16,19). The fourth-order valence-electron chi connectivity index (χ4n) is 2.15. The molecule has 0 spiro atoms. The molecule has 3 rings (SSSR count). The average Bonchev–Trinajstić information content (AvgIpc) is 3.09. The average molecular weight is 350 g/mol. The Kier molecular flexibility index (Phi) is 3.90. The van der Waals surface area contributed by atoms with Gasteiger partial charge in [-0.2, -0.15) is 0 Å². The van der Waals surface area contributed by atoms with E-state index in [1.165, 1.54) is 13.3 Å². The van der Waals surface area contributed by atoms with Crippen LogP contribution in [0.1, 0.15) is 15.4 Å². The van der Waals surface area contributed by atoms with E-state index in [1.54, 1.807) is 12.1 Å². The lowest BCUT2D eigenvalue weighted by Gasteiger charge is -2.03. The van der Waals surface area contributed by atoms with Crippen molar-refractivity contribution < 1.29 is 13.4 Å². The third-order valence-corrected chi connectivity index (χ3v) is 5.03. The van der Waals surface area contributed by atoms with Gasteiger partial charge >= 0.3 is 0 Å². The van der Waals surface area contributed by atoms with Gasteiger partial charge in [-0.05, 0) is 19.1 Å². The van der Waals surface area contributed by atoms with Gasteiger partial charge in [0.05, 0.1) is 21.9 Å². The second-order valence-electron chi connectivity index (χ2n) is 4.82. The van der Waals surface area contributed by atoms with Gasteiger partial charge in [0.2, 0.25) is 5.16 Å². The Balaban J connectivity index is 2.37. The topological polar surface area (TPSA) is 111 Å². The highest BCUT2D eigenvalue weighted by Gasteiger charge is 2.23. The number of anilines is 1. The number of carbonyl (C=O) groups is 1. The number of fused-ring (bicyclic) bond motifs is 1. The number of furan rings is 1. The van der Waals surface area contributed by atoms with Crippen LogP contribution in [0, 0.1) is 6.92 Å². The molecule has 120 valence electrons. The van der Waals surface area contributed by atoms with Crippen LogP contribution in [0.25, 0.3) is 21.7 Å². The zero-order valence-electron chi connectivity index (χ0n) is 12.7. The molecule has 1 unspecified atom stereocenters. The molecule has 3 heterocycles. The highest BCUT2D eigenvalue weighted by Crippen LogP contribution is 2.39. The first kappa shape index (κ1) is 15.6. The maximum absolute atomic E-state index is 12.0. The van der Waals surface area contributed by atoms with Gasteiger partial charge in [0, 0.05) is 13.3 Å². The molecule has 0 aromatic carbocycles. The molecular formula is C14H14N4O3S2. The number of nitrogens with two attached hydrogens (primary N) is 1. The molecule has 1 amide bonds. The van der Waals surface area contributed by atoms with Crippen molar-refractivity contribution in [3.05, 3.63) is 22.8 Å². The summed E-state index contributed by atoms with van der Waals surface area (Å²) in [4.78, 5) is 21.4. The molecule has 0 bridgehead atoms. The van der Waals surface area contributed by atoms with Crippen LogP contribution in [-0.2, 0) is 10.8 Å². The number of aryl methyl sites for hydroxylation is 1. The number of rotatable bonds is 3. The predicted octanol–water partition coefficient (Wildman–Crippen LogP) is 1.94. The van der Waals surface area contributed by atoms with Gasteiger partial charge < -0.3 is 15.5 Å². The van der Waals surface area contributed by atoms with Gasteiger partial charge in [-0.15, -0.1) is 11.3 Å². The summed E-state index contributed by atoms with van der Waals surface area (Å²) >= 11 is 1.14. The van der Waals surface area contributed by atoms with Gasteiger partial charge in [-0.3, -0.25) is 9.00 Å². The van der Waals surface area contributed by atoms with Gasteiger partial charge in [-0.1, -0.05) is 0 Å². The SMILES string of the molecule is CNC(=O)c1sc2nc(S(C)=O)nc(-c3ccc(C)o3)c2c1N. The van der Waals surface area contributed by atoms with Crippen LogP contribution < -0.4 is 11.1 Å². The molecule has 7 nitrogen and oxygen atoms in total. The number of thiophene rings is 1. The van der Waals surface area contributed by atoms with Crippen LogP contribution in [-0.4, -0.2) is 33.4 Å². The van der Waals surface area contributed by atoms with Crippen LogP contribution >= 0.6 is 11.3 Å². The molecule has 3 aromatic rings. The smallest absolute Gasteiger partial charge is 0.263 e. The van der Waals surface area contributed by atoms with Gasteiger partial charge in [0.25, 0.3) is 5.91 Å². The van der Waals surface area contributed by atoms with Crippen molar-refractivity contribution in [2.75, 3.05) is 19.0 Å². The van der Waals surface area contributed by atoms with Crippen molar-refractivity contribution in [2.45, 2.75) is 12.1 Å². The highest BCUT2D eigenvalue weighted by atomic mass is 32.2. The minimum Gasteiger partial charge on any atom is -0.460 e. The lowest BCUT2D eigenvalue weighted by Crippen LogP contribution is -2.17. The lowest BCUT2D eigenvalue weighted by molar-refractivity contribution is 0.0968. The van der Waals surface area contributed by atoms with Crippen LogP contribution in [0.2, 0.25) is 0 Å². The van der Waals surface area contributed by atoms with Crippen LogP contribution in [0.4, 0.5) is 5.69 Å². The molecule has 0 aliphatic heterocycles. The number of nitrogen functional groups attached to an aromatic ring is 1. The summed E-state index contributed by atoms with van der Waals surface area (Å²) < 4.78 is 17.4. The van der Waals surface area contributed by atoms with E-state index in [-0.39, 0.29) is 11.1 Å². The van der Waals surface area contributed by atoms with Crippen LogP contribution in [0.5, 0.6) is 0 Å². The van der Waals surface area contributed by atoms with E-state index < -0.39 is 10.8 Å². The molecule has 23 heavy (non-hydrogen) atoms. The summed E-state index contributed by atoms with van der Waals surface area (Å²) in [5.74, 6) is 0.909. The molecule has 0 radical (unpaired) electrons. The number of amides is 1. The summed E-state index contributed by atoms with van der Waals surface area (Å²) in [7, 11) is 0.158. The third-order valence-electron chi connectivity index (χ3n) is 3.23. The number of carbonyl (C=O) groups excluding carboxylic acids is 1. The second-order valence-corrected chi connectivity index (χ2v) is 7.10. The molecule has 9 heteroatoms. The number of hydrogen-bond donors (Lipinski definition) is 2. The Bertz CT molecular complexity index is 945. The molecule has 0 aliphatic carbocycles. The minimum absolute atomic E-state index is 0.172. The van der Waals surface area contributed by atoms with Crippen molar-refractivity contribution in [2.24, 2.45) is 0 Å². The van der Waals surface area contributed by atoms with E-state index in [9.17, 15) is 9.00 Å². The van der Waals surface area contributed by atoms with Crippen molar-refractivity contribution in [3.63, 3.8) is 0 Å². The molecule has 0 saturated heterocycles. The zero-order valence-corrected chi connectivity index (χ0v) is 14.3. The van der Waals surface area contributed by atoms with Gasteiger partial charge in [0.15, 0.2) is 5.76 Å². The normalized spacial score (nSPS) is 12.5. The summed E-state index contributed by atoms with van der Waals surface area (Å²) in [6, 6.07) is 3.56. The quantitative estimate of drug-likeness (QED) is 0.698. The Hall–Kier alpha value is -2.26. The van der Waals surface area contributed by atoms with E-state index in [4.69, 9.17) is 10.2 Å². The van der Waals surface area contributed by atoms with Crippen molar-refractivity contribution in [1.29, 1.82) is 0 Å². The predicted molar refractivity (Wildman–Crippen MR) is 90.0 cm³/mol. The molecule has 1 atom stereocenters. The fourth-order valence-corrected chi connectivity index (χ4v) is 3.69. The summed E-state index contributed by atoms with van der Waals surface area (Å²) in [5, 5.41) is 3.26. The molecule has 3 N–H and O–H groups in total. The van der Waals surface area contributed by atoms with E-state index in [2.05, 4.69) is 15.3 Å². The first-order valence-corrected chi connectivity index (χ1v) is 9.02. The van der Waals surface area contributed by atoms with Crippen molar-refractivity contribution >= 4 is 43.9 Å². The van der Waals surface area contributed by atoms with E-state index in [0.29, 0.717) is 38.0 Å². The summed E-state index contributed by atoms with van der Waals surface area (Å²) in [6.45, 7) is 1.81. The fraction of sp³-hybridized carbons (Fsp3) is 0.214. The van der Waals surface area contributed by atoms with Gasteiger partial charge in [-0.25, -0.2) is 9.97 Å². The molecule has 0 saturated carbocycles. The minimum atomic E-state index is -1.37. The molecular weight excluding hydrogens is 336 g/mol. The number of nitrogens with zero attached hydrogens (tertiary/aromatic N) is 2. The van der Waals surface area contributed by atoms with Gasteiger partial charge in [0.1, 0.15) is 21.2 Å². The maximum atomic E-state index is 12.0. The molecule has 0 aliphatic rings. The number of nitrogens with one attached hydrogen (secondary N) is 1. The van der Waals surface area contributed by atoms with Crippen molar-refractivity contribution in [1.82, 2.24) is 15.3 Å². The molecule has 0 fully saturated rings. The van der Waals surface area contributed by atoms with Crippen molar-refractivity contribution in [3.8, 4) is 11.5 Å². The Morgan fingerprint density at radius 1 is 1.39 bits per heavy atom. The summed E-state index contributed by atoms with van der Waals surface area (Å²) in [6.07, 6.45) is 1.49. The van der Waals surface area contributed by atoms with E-state index >= 15 is 0 Å². The van der Waals surface area contributed by atoms with Crippen LogP contribution in [0.15, 0.2) is 21.7 Å².